The van der Waals surface area contributed by atoms with Crippen molar-refractivity contribution in [2.75, 3.05) is 16.8 Å². The Morgan fingerprint density at radius 2 is 2.11 bits per heavy atom. The lowest BCUT2D eigenvalue weighted by Gasteiger charge is -2.30. The third-order valence-electron chi connectivity index (χ3n) is 3.10. The molecule has 1 aliphatic rings. The minimum absolute atomic E-state index is 0.201. The summed E-state index contributed by atoms with van der Waals surface area (Å²) in [7, 11) is 0. The molecule has 98 valence electrons. The minimum Gasteiger partial charge on any atom is -0.506 e. The summed E-state index contributed by atoms with van der Waals surface area (Å²) in [5.41, 5.74) is 9.61. The fraction of sp³-hybridized carbons (Fsp3) is 0.429. The summed E-state index contributed by atoms with van der Waals surface area (Å²) in [5.74, 6) is 1.32. The van der Waals surface area contributed by atoms with E-state index in [-0.39, 0.29) is 11.2 Å². The molecule has 4 heteroatoms. The van der Waals surface area contributed by atoms with Gasteiger partial charge in [-0.2, -0.15) is 0 Å². The van der Waals surface area contributed by atoms with Gasteiger partial charge in [0.05, 0.1) is 5.69 Å². The van der Waals surface area contributed by atoms with Crippen molar-refractivity contribution in [2.45, 2.75) is 27.2 Å². The molecule has 0 aliphatic carbocycles. The standard InChI is InChI=1S/C14H20N2OS/c1-9-4-5-11(17)13(12(9)15)16-10-6-14(2,3)8-18-7-10/h4-5,7,16-17H,6,8,15H2,1-3H3. The first kappa shape index (κ1) is 13.1. The van der Waals surface area contributed by atoms with E-state index in [4.69, 9.17) is 5.73 Å². The van der Waals surface area contributed by atoms with E-state index in [1.807, 2.05) is 13.0 Å². The predicted molar refractivity (Wildman–Crippen MR) is 79.8 cm³/mol. The molecule has 4 N–H and O–H groups in total. The number of thioether (sulfide) groups is 1. The number of anilines is 2. The molecular weight excluding hydrogens is 244 g/mol. The summed E-state index contributed by atoms with van der Waals surface area (Å²) in [6.45, 7) is 6.43. The van der Waals surface area contributed by atoms with Crippen molar-refractivity contribution in [2.24, 2.45) is 5.41 Å². The number of benzene rings is 1. The van der Waals surface area contributed by atoms with Gasteiger partial charge in [-0.25, -0.2) is 0 Å². The second-order valence-corrected chi connectivity index (χ2v) is 6.47. The molecule has 2 rings (SSSR count). The van der Waals surface area contributed by atoms with E-state index in [9.17, 15) is 5.11 Å². The largest absolute Gasteiger partial charge is 0.506 e. The van der Waals surface area contributed by atoms with E-state index in [2.05, 4.69) is 24.6 Å². The van der Waals surface area contributed by atoms with E-state index in [0.29, 0.717) is 11.4 Å². The molecule has 1 aromatic rings. The molecular formula is C14H20N2OS. The van der Waals surface area contributed by atoms with E-state index < -0.39 is 0 Å². The lowest BCUT2D eigenvalue weighted by molar-refractivity contribution is 0.418. The average molecular weight is 264 g/mol. The molecule has 1 aliphatic heterocycles. The van der Waals surface area contributed by atoms with Gasteiger partial charge in [0.1, 0.15) is 11.4 Å². The average Bonchev–Trinajstić information content (AvgIpc) is 2.28. The molecule has 0 unspecified atom stereocenters. The second kappa shape index (κ2) is 4.76. The van der Waals surface area contributed by atoms with Crippen LogP contribution in [0.2, 0.25) is 0 Å². The van der Waals surface area contributed by atoms with Crippen LogP contribution < -0.4 is 11.1 Å². The van der Waals surface area contributed by atoms with Gasteiger partial charge in [-0.15, -0.1) is 11.8 Å². The topological polar surface area (TPSA) is 58.3 Å². The highest BCUT2D eigenvalue weighted by Gasteiger charge is 2.24. The molecule has 0 spiro atoms. The number of hydrogen-bond donors (Lipinski definition) is 3. The van der Waals surface area contributed by atoms with Crippen molar-refractivity contribution in [3.05, 3.63) is 28.8 Å². The van der Waals surface area contributed by atoms with Crippen LogP contribution in [0.5, 0.6) is 5.75 Å². The zero-order valence-corrected chi connectivity index (χ0v) is 11.9. The summed E-state index contributed by atoms with van der Waals surface area (Å²) >= 11 is 1.80. The van der Waals surface area contributed by atoms with E-state index in [1.165, 1.54) is 0 Å². The molecule has 0 amide bonds. The highest BCUT2D eigenvalue weighted by molar-refractivity contribution is 8.02. The van der Waals surface area contributed by atoms with Crippen LogP contribution in [0.25, 0.3) is 0 Å². The van der Waals surface area contributed by atoms with Gasteiger partial charge in [0.2, 0.25) is 0 Å². The number of nitrogen functional groups attached to an aromatic ring is 1. The van der Waals surface area contributed by atoms with Gasteiger partial charge >= 0.3 is 0 Å². The summed E-state index contributed by atoms with van der Waals surface area (Å²) < 4.78 is 0. The summed E-state index contributed by atoms with van der Waals surface area (Å²) in [6.07, 6.45) is 0.965. The first-order chi connectivity index (χ1) is 8.39. The molecule has 0 saturated heterocycles. The molecule has 0 fully saturated rings. The zero-order valence-electron chi connectivity index (χ0n) is 11.1. The molecule has 0 atom stereocenters. The maximum absolute atomic E-state index is 9.90. The smallest absolute Gasteiger partial charge is 0.141 e. The highest BCUT2D eigenvalue weighted by atomic mass is 32.2. The zero-order chi connectivity index (χ0) is 13.3. The van der Waals surface area contributed by atoms with Gasteiger partial charge in [-0.1, -0.05) is 19.9 Å². The quantitative estimate of drug-likeness (QED) is 0.563. The number of phenolic OH excluding ortho intramolecular Hbond substituents is 1. The lowest BCUT2D eigenvalue weighted by Crippen LogP contribution is -2.21. The molecule has 18 heavy (non-hydrogen) atoms. The third kappa shape index (κ3) is 2.75. The van der Waals surface area contributed by atoms with Crippen molar-refractivity contribution in [3.8, 4) is 5.75 Å². The fourth-order valence-electron chi connectivity index (χ4n) is 2.05. The van der Waals surface area contributed by atoms with E-state index in [0.717, 1.165) is 23.4 Å². The van der Waals surface area contributed by atoms with Crippen LogP contribution in [0.4, 0.5) is 11.4 Å². The number of rotatable bonds is 2. The summed E-state index contributed by atoms with van der Waals surface area (Å²) in [6, 6.07) is 3.50. The number of nitrogens with two attached hydrogens (primary N) is 1. The third-order valence-corrected chi connectivity index (χ3v) is 4.50. The molecule has 0 bridgehead atoms. The molecule has 0 radical (unpaired) electrons. The number of allylic oxidation sites excluding steroid dienone is 1. The maximum atomic E-state index is 9.90. The van der Waals surface area contributed by atoms with E-state index in [1.54, 1.807) is 17.8 Å². The number of hydrogen-bond acceptors (Lipinski definition) is 4. The fourth-order valence-corrected chi connectivity index (χ4v) is 3.03. The van der Waals surface area contributed by atoms with Gasteiger partial charge in [0.25, 0.3) is 0 Å². The Morgan fingerprint density at radius 3 is 2.78 bits per heavy atom. The SMILES string of the molecule is Cc1ccc(O)c(NC2=CSCC(C)(C)C2)c1N. The Labute approximate surface area is 112 Å². The van der Waals surface area contributed by atoms with Crippen LogP contribution in [-0.4, -0.2) is 10.9 Å². The Bertz CT molecular complexity index is 495. The summed E-state index contributed by atoms with van der Waals surface area (Å²) in [5, 5.41) is 15.3. The van der Waals surface area contributed by atoms with Crippen LogP contribution in [0, 0.1) is 12.3 Å². The van der Waals surface area contributed by atoms with Crippen LogP contribution in [0.3, 0.4) is 0 Å². The van der Waals surface area contributed by atoms with Crippen LogP contribution >= 0.6 is 11.8 Å². The minimum atomic E-state index is 0.201. The number of nitrogens with one attached hydrogen (secondary N) is 1. The molecule has 0 aromatic heterocycles. The van der Waals surface area contributed by atoms with Gasteiger partial charge in [-0.05, 0) is 35.8 Å². The Kier molecular flexibility index (Phi) is 3.48. The molecule has 1 heterocycles. The normalized spacial score (nSPS) is 18.3. The van der Waals surface area contributed by atoms with Gasteiger partial charge in [0, 0.05) is 11.4 Å². The number of aromatic hydroxyl groups is 1. The first-order valence-electron chi connectivity index (χ1n) is 6.05. The van der Waals surface area contributed by atoms with Crippen molar-refractivity contribution in [1.29, 1.82) is 0 Å². The number of aryl methyl sites for hydroxylation is 1. The van der Waals surface area contributed by atoms with Gasteiger partial charge in [-0.3, -0.25) is 0 Å². The van der Waals surface area contributed by atoms with Crippen molar-refractivity contribution in [1.82, 2.24) is 0 Å². The monoisotopic (exact) mass is 264 g/mol. The Balaban J connectivity index is 2.25. The molecule has 3 nitrogen and oxygen atoms in total. The van der Waals surface area contributed by atoms with Crippen molar-refractivity contribution in [3.63, 3.8) is 0 Å². The highest BCUT2D eigenvalue weighted by Crippen LogP contribution is 2.39. The van der Waals surface area contributed by atoms with E-state index >= 15 is 0 Å². The molecule has 0 saturated carbocycles. The maximum Gasteiger partial charge on any atom is 0.141 e. The first-order valence-corrected chi connectivity index (χ1v) is 7.10. The summed E-state index contributed by atoms with van der Waals surface area (Å²) in [4.78, 5) is 0. The lowest BCUT2D eigenvalue weighted by atomic mass is 9.90. The second-order valence-electron chi connectivity index (χ2n) is 5.61. The predicted octanol–water partition coefficient (Wildman–Crippen LogP) is 3.70. The van der Waals surface area contributed by atoms with Crippen LogP contribution in [0.1, 0.15) is 25.8 Å². The van der Waals surface area contributed by atoms with Crippen LogP contribution in [0.15, 0.2) is 23.2 Å². The van der Waals surface area contributed by atoms with Gasteiger partial charge < -0.3 is 16.2 Å². The molecule has 1 aromatic carbocycles. The van der Waals surface area contributed by atoms with Crippen LogP contribution in [-0.2, 0) is 0 Å². The van der Waals surface area contributed by atoms with Gasteiger partial charge in [0.15, 0.2) is 0 Å². The Morgan fingerprint density at radius 1 is 1.39 bits per heavy atom. The van der Waals surface area contributed by atoms with Crippen molar-refractivity contribution >= 4 is 23.1 Å². The number of phenols is 1. The Hall–Kier alpha value is -1.29. The van der Waals surface area contributed by atoms with Crippen molar-refractivity contribution < 1.29 is 5.11 Å².